The van der Waals surface area contributed by atoms with E-state index in [-0.39, 0.29) is 5.41 Å². The molecule has 0 saturated heterocycles. The molecule has 0 fully saturated rings. The first-order chi connectivity index (χ1) is 14.9. The standard InChI is InChI=1S/C27H22BClO2/c1-27(2)23-15-25(28(30)31)19(17-9-5-3-6-10-17)13-21(23)22-14-20(26(29)16-24(22)27)18-11-7-4-8-12-18/h3-16,30-31H,1-2H3. The maximum Gasteiger partial charge on any atom is 0.489 e. The van der Waals surface area contributed by atoms with Crippen LogP contribution in [0.5, 0.6) is 0 Å². The highest BCUT2D eigenvalue weighted by Crippen LogP contribution is 2.51. The van der Waals surface area contributed by atoms with E-state index in [9.17, 15) is 10.0 Å². The van der Waals surface area contributed by atoms with Gasteiger partial charge < -0.3 is 10.0 Å². The fraction of sp³-hybridized carbons (Fsp3) is 0.111. The molecule has 4 aromatic carbocycles. The number of hydrogen-bond acceptors (Lipinski definition) is 2. The van der Waals surface area contributed by atoms with Gasteiger partial charge in [-0.25, -0.2) is 0 Å². The van der Waals surface area contributed by atoms with E-state index in [0.717, 1.165) is 49.5 Å². The minimum atomic E-state index is -1.55. The topological polar surface area (TPSA) is 40.5 Å². The highest BCUT2D eigenvalue weighted by molar-refractivity contribution is 6.60. The molecule has 0 radical (unpaired) electrons. The number of benzene rings is 4. The molecule has 0 aromatic heterocycles. The smallest absolute Gasteiger partial charge is 0.423 e. The number of fused-ring (bicyclic) bond motifs is 3. The first-order valence-electron chi connectivity index (χ1n) is 10.4. The third-order valence-corrected chi connectivity index (χ3v) is 6.69. The summed E-state index contributed by atoms with van der Waals surface area (Å²) in [6.45, 7) is 4.32. The van der Waals surface area contributed by atoms with Gasteiger partial charge in [0.25, 0.3) is 0 Å². The van der Waals surface area contributed by atoms with Crippen LogP contribution in [-0.4, -0.2) is 17.2 Å². The summed E-state index contributed by atoms with van der Waals surface area (Å²) in [6.07, 6.45) is 0. The van der Waals surface area contributed by atoms with Gasteiger partial charge in [0.1, 0.15) is 0 Å². The zero-order valence-electron chi connectivity index (χ0n) is 17.4. The molecule has 4 aromatic rings. The Hall–Kier alpha value is -2.85. The lowest BCUT2D eigenvalue weighted by Gasteiger charge is -2.23. The molecule has 0 amide bonds. The Labute approximate surface area is 187 Å². The molecular weight excluding hydrogens is 403 g/mol. The lowest BCUT2D eigenvalue weighted by atomic mass is 9.71. The van der Waals surface area contributed by atoms with Crippen molar-refractivity contribution in [2.75, 3.05) is 0 Å². The first-order valence-corrected chi connectivity index (χ1v) is 10.8. The Bertz CT molecular complexity index is 1280. The Balaban J connectivity index is 1.79. The van der Waals surface area contributed by atoms with E-state index in [4.69, 9.17) is 11.6 Å². The molecule has 2 N–H and O–H groups in total. The van der Waals surface area contributed by atoms with Crippen molar-refractivity contribution in [3.05, 3.63) is 101 Å². The summed E-state index contributed by atoms with van der Waals surface area (Å²) in [6, 6.07) is 28.3. The molecular formula is C27H22BClO2. The summed E-state index contributed by atoms with van der Waals surface area (Å²) < 4.78 is 0. The van der Waals surface area contributed by atoms with Gasteiger partial charge in [0.05, 0.1) is 0 Å². The number of halogens is 1. The van der Waals surface area contributed by atoms with Gasteiger partial charge in [-0.1, -0.05) is 92.2 Å². The van der Waals surface area contributed by atoms with Crippen LogP contribution in [0.15, 0.2) is 84.9 Å². The van der Waals surface area contributed by atoms with Crippen LogP contribution in [0.25, 0.3) is 33.4 Å². The predicted molar refractivity (Wildman–Crippen MR) is 130 cm³/mol. The van der Waals surface area contributed by atoms with Gasteiger partial charge in [0.2, 0.25) is 0 Å². The monoisotopic (exact) mass is 424 g/mol. The Morgan fingerprint density at radius 1 is 0.645 bits per heavy atom. The lowest BCUT2D eigenvalue weighted by molar-refractivity contribution is 0.426. The molecule has 0 unspecified atom stereocenters. The average Bonchev–Trinajstić information content (AvgIpc) is 2.99. The van der Waals surface area contributed by atoms with Gasteiger partial charge in [-0.3, -0.25) is 0 Å². The van der Waals surface area contributed by atoms with Gasteiger partial charge in [-0.2, -0.15) is 0 Å². The highest BCUT2D eigenvalue weighted by atomic mass is 35.5. The van der Waals surface area contributed by atoms with Crippen molar-refractivity contribution in [1.82, 2.24) is 0 Å². The minimum Gasteiger partial charge on any atom is -0.423 e. The third-order valence-electron chi connectivity index (χ3n) is 6.38. The van der Waals surface area contributed by atoms with E-state index < -0.39 is 7.12 Å². The van der Waals surface area contributed by atoms with Gasteiger partial charge >= 0.3 is 7.12 Å². The van der Waals surface area contributed by atoms with Crippen LogP contribution in [0.4, 0.5) is 0 Å². The maximum atomic E-state index is 10.2. The van der Waals surface area contributed by atoms with Crippen LogP contribution in [0.1, 0.15) is 25.0 Å². The molecule has 152 valence electrons. The molecule has 0 bridgehead atoms. The second-order valence-electron chi connectivity index (χ2n) is 8.59. The first kappa shape index (κ1) is 20.1. The SMILES string of the molecule is CC1(C)c2cc(Cl)c(-c3ccccc3)cc2-c2cc(-c3ccccc3)c(B(O)O)cc21. The van der Waals surface area contributed by atoms with Crippen LogP contribution in [0, 0.1) is 0 Å². The molecule has 0 atom stereocenters. The summed E-state index contributed by atoms with van der Waals surface area (Å²) in [5.74, 6) is 0. The van der Waals surface area contributed by atoms with Crippen molar-refractivity contribution < 1.29 is 10.0 Å². The quantitative estimate of drug-likeness (QED) is 0.417. The molecule has 1 aliphatic carbocycles. The Morgan fingerprint density at radius 3 is 1.68 bits per heavy atom. The van der Waals surface area contributed by atoms with Crippen molar-refractivity contribution in [2.24, 2.45) is 0 Å². The van der Waals surface area contributed by atoms with E-state index in [2.05, 4.69) is 44.2 Å². The van der Waals surface area contributed by atoms with Crippen molar-refractivity contribution >= 4 is 24.2 Å². The largest absolute Gasteiger partial charge is 0.489 e. The molecule has 31 heavy (non-hydrogen) atoms. The van der Waals surface area contributed by atoms with E-state index in [0.29, 0.717) is 5.46 Å². The number of hydrogen-bond donors (Lipinski definition) is 2. The van der Waals surface area contributed by atoms with E-state index in [1.807, 2.05) is 54.6 Å². The molecule has 0 spiro atoms. The molecule has 0 aliphatic heterocycles. The molecule has 0 heterocycles. The third kappa shape index (κ3) is 3.21. The van der Waals surface area contributed by atoms with Crippen LogP contribution in [-0.2, 0) is 5.41 Å². The van der Waals surface area contributed by atoms with E-state index >= 15 is 0 Å². The minimum absolute atomic E-state index is 0.303. The fourth-order valence-electron chi connectivity index (χ4n) is 4.73. The average molecular weight is 425 g/mol. The zero-order valence-corrected chi connectivity index (χ0v) is 18.2. The summed E-state index contributed by atoms with van der Waals surface area (Å²) in [5.41, 5.74) is 8.54. The second-order valence-corrected chi connectivity index (χ2v) is 9.00. The normalized spacial score (nSPS) is 13.6. The van der Waals surface area contributed by atoms with Crippen LogP contribution in [0.3, 0.4) is 0 Å². The summed E-state index contributed by atoms with van der Waals surface area (Å²) >= 11 is 6.74. The highest BCUT2D eigenvalue weighted by Gasteiger charge is 2.38. The molecule has 2 nitrogen and oxygen atoms in total. The van der Waals surface area contributed by atoms with Gasteiger partial charge in [-0.05, 0) is 62.6 Å². The van der Waals surface area contributed by atoms with Gasteiger partial charge in [0, 0.05) is 16.0 Å². The van der Waals surface area contributed by atoms with Crippen molar-refractivity contribution in [1.29, 1.82) is 0 Å². The predicted octanol–water partition coefficient (Wildman–Crippen LogP) is 5.66. The molecule has 1 aliphatic rings. The van der Waals surface area contributed by atoms with Crippen molar-refractivity contribution in [3.8, 4) is 33.4 Å². The maximum absolute atomic E-state index is 10.2. The lowest BCUT2D eigenvalue weighted by Crippen LogP contribution is -2.33. The fourth-order valence-corrected chi connectivity index (χ4v) is 5.01. The van der Waals surface area contributed by atoms with Crippen LogP contribution < -0.4 is 5.46 Å². The summed E-state index contributed by atoms with van der Waals surface area (Å²) in [4.78, 5) is 0. The molecule has 4 heteroatoms. The Kier molecular flexibility index (Phi) is 4.78. The van der Waals surface area contributed by atoms with Crippen LogP contribution in [0.2, 0.25) is 5.02 Å². The van der Waals surface area contributed by atoms with E-state index in [1.54, 1.807) is 0 Å². The van der Waals surface area contributed by atoms with Crippen LogP contribution >= 0.6 is 11.6 Å². The number of rotatable bonds is 3. The van der Waals surface area contributed by atoms with E-state index in [1.165, 1.54) is 0 Å². The van der Waals surface area contributed by atoms with Gasteiger partial charge in [-0.15, -0.1) is 0 Å². The molecule has 5 rings (SSSR count). The van der Waals surface area contributed by atoms with Crippen molar-refractivity contribution in [2.45, 2.75) is 19.3 Å². The second kappa shape index (κ2) is 7.38. The Morgan fingerprint density at radius 2 is 1.13 bits per heavy atom. The summed E-state index contributed by atoms with van der Waals surface area (Å²) in [7, 11) is -1.55. The van der Waals surface area contributed by atoms with Gasteiger partial charge in [0.15, 0.2) is 0 Å². The van der Waals surface area contributed by atoms with Crippen molar-refractivity contribution in [3.63, 3.8) is 0 Å². The summed E-state index contributed by atoms with van der Waals surface area (Å²) in [5, 5.41) is 21.0. The zero-order chi connectivity index (χ0) is 21.8. The molecule has 0 saturated carbocycles.